The number of amides is 1. The molecule has 1 aliphatic rings. The van der Waals surface area contributed by atoms with E-state index in [1.165, 1.54) is 7.11 Å². The monoisotopic (exact) mass is 270 g/mol. The second-order valence-electron chi connectivity index (χ2n) is 5.03. The van der Waals surface area contributed by atoms with E-state index in [1.54, 1.807) is 0 Å². The fourth-order valence-electron chi connectivity index (χ4n) is 2.59. The molecule has 5 nitrogen and oxygen atoms in total. The van der Waals surface area contributed by atoms with E-state index in [4.69, 9.17) is 4.74 Å². The smallest absolute Gasteiger partial charge is 0.323 e. The number of hydrogen-bond donors (Lipinski definition) is 0. The lowest BCUT2D eigenvalue weighted by Gasteiger charge is -2.27. The van der Waals surface area contributed by atoms with Gasteiger partial charge in [-0.05, 0) is 32.2 Å². The van der Waals surface area contributed by atoms with E-state index in [2.05, 4.69) is 13.8 Å². The molecule has 0 radical (unpaired) electrons. The van der Waals surface area contributed by atoms with Crippen molar-refractivity contribution in [2.75, 3.05) is 33.3 Å². The Morgan fingerprint density at radius 1 is 1.26 bits per heavy atom. The van der Waals surface area contributed by atoms with Crippen molar-refractivity contribution in [1.82, 2.24) is 9.80 Å². The van der Waals surface area contributed by atoms with Gasteiger partial charge in [0.2, 0.25) is 5.91 Å². The van der Waals surface area contributed by atoms with Crippen molar-refractivity contribution in [2.24, 2.45) is 0 Å². The standard InChI is InChI=1S/C14H26N2O3/c1-4-8-15(9-5-2)13(17)11-16-10-6-7-12(16)14(18)19-3/h12H,4-11H2,1-3H3. The summed E-state index contributed by atoms with van der Waals surface area (Å²) in [6.45, 7) is 6.87. The van der Waals surface area contributed by atoms with Gasteiger partial charge in [0.05, 0.1) is 13.7 Å². The van der Waals surface area contributed by atoms with Gasteiger partial charge in [0.15, 0.2) is 0 Å². The van der Waals surface area contributed by atoms with Crippen LogP contribution in [0.4, 0.5) is 0 Å². The molecule has 1 amide bonds. The van der Waals surface area contributed by atoms with E-state index in [-0.39, 0.29) is 17.9 Å². The summed E-state index contributed by atoms with van der Waals surface area (Å²) >= 11 is 0. The van der Waals surface area contributed by atoms with Gasteiger partial charge < -0.3 is 9.64 Å². The first-order chi connectivity index (χ1) is 9.13. The average Bonchev–Trinajstić information content (AvgIpc) is 2.85. The van der Waals surface area contributed by atoms with Gasteiger partial charge >= 0.3 is 5.97 Å². The molecule has 1 heterocycles. The number of hydrogen-bond acceptors (Lipinski definition) is 4. The number of rotatable bonds is 7. The van der Waals surface area contributed by atoms with E-state index in [0.29, 0.717) is 6.54 Å². The number of esters is 1. The van der Waals surface area contributed by atoms with Gasteiger partial charge in [0, 0.05) is 13.1 Å². The first kappa shape index (κ1) is 16.0. The van der Waals surface area contributed by atoms with Gasteiger partial charge in [0.1, 0.15) is 6.04 Å². The average molecular weight is 270 g/mol. The molecule has 1 rings (SSSR count). The summed E-state index contributed by atoms with van der Waals surface area (Å²) in [4.78, 5) is 27.8. The van der Waals surface area contributed by atoms with E-state index in [9.17, 15) is 9.59 Å². The lowest BCUT2D eigenvalue weighted by molar-refractivity contribution is -0.146. The maximum atomic E-state index is 12.3. The second-order valence-corrected chi connectivity index (χ2v) is 5.03. The Morgan fingerprint density at radius 3 is 2.42 bits per heavy atom. The van der Waals surface area contributed by atoms with Crippen molar-refractivity contribution in [3.63, 3.8) is 0 Å². The summed E-state index contributed by atoms with van der Waals surface area (Å²) in [6.07, 6.45) is 3.68. The maximum absolute atomic E-state index is 12.3. The van der Waals surface area contributed by atoms with Crippen LogP contribution < -0.4 is 0 Å². The number of ether oxygens (including phenoxy) is 1. The van der Waals surface area contributed by atoms with Gasteiger partial charge in [-0.2, -0.15) is 0 Å². The lowest BCUT2D eigenvalue weighted by Crippen LogP contribution is -2.45. The fraction of sp³-hybridized carbons (Fsp3) is 0.857. The van der Waals surface area contributed by atoms with Crippen LogP contribution in [-0.2, 0) is 14.3 Å². The summed E-state index contributed by atoms with van der Waals surface area (Å²) in [5, 5.41) is 0. The molecule has 0 bridgehead atoms. The number of carbonyl (C=O) groups is 2. The highest BCUT2D eigenvalue weighted by Gasteiger charge is 2.33. The minimum Gasteiger partial charge on any atom is -0.468 e. The lowest BCUT2D eigenvalue weighted by atomic mass is 10.2. The Bertz CT molecular complexity index is 301. The Hall–Kier alpha value is -1.10. The number of methoxy groups -OCH3 is 1. The van der Waals surface area contributed by atoms with Crippen LogP contribution in [-0.4, -0.2) is 61.0 Å². The highest BCUT2D eigenvalue weighted by molar-refractivity contribution is 5.81. The van der Waals surface area contributed by atoms with Gasteiger partial charge in [-0.25, -0.2) is 0 Å². The minimum absolute atomic E-state index is 0.125. The van der Waals surface area contributed by atoms with Gasteiger partial charge in [-0.1, -0.05) is 13.8 Å². The van der Waals surface area contributed by atoms with Crippen LogP contribution in [0, 0.1) is 0 Å². The molecule has 1 saturated heterocycles. The summed E-state index contributed by atoms with van der Waals surface area (Å²) < 4.78 is 4.80. The molecule has 5 heteroatoms. The molecule has 1 aliphatic heterocycles. The third kappa shape index (κ3) is 4.49. The number of nitrogens with zero attached hydrogens (tertiary/aromatic N) is 2. The molecule has 19 heavy (non-hydrogen) atoms. The van der Waals surface area contributed by atoms with Crippen LogP contribution in [0.3, 0.4) is 0 Å². The topological polar surface area (TPSA) is 49.9 Å². The summed E-state index contributed by atoms with van der Waals surface area (Å²) in [7, 11) is 1.40. The Labute approximate surface area is 115 Å². The molecule has 0 aromatic rings. The molecule has 1 unspecified atom stereocenters. The first-order valence-corrected chi connectivity index (χ1v) is 7.23. The molecule has 0 saturated carbocycles. The van der Waals surface area contributed by atoms with Crippen molar-refractivity contribution in [2.45, 2.75) is 45.6 Å². The van der Waals surface area contributed by atoms with Crippen molar-refractivity contribution in [3.05, 3.63) is 0 Å². The third-order valence-corrected chi connectivity index (χ3v) is 3.52. The molecule has 1 fully saturated rings. The number of likely N-dealkylation sites (tertiary alicyclic amines) is 1. The van der Waals surface area contributed by atoms with Crippen LogP contribution in [0.2, 0.25) is 0 Å². The predicted octanol–water partition coefficient (Wildman–Crippen LogP) is 1.27. The fourth-order valence-corrected chi connectivity index (χ4v) is 2.59. The summed E-state index contributed by atoms with van der Waals surface area (Å²) in [6, 6.07) is -0.237. The Balaban J connectivity index is 2.56. The molecule has 0 aromatic carbocycles. The summed E-state index contributed by atoms with van der Waals surface area (Å²) in [5.41, 5.74) is 0. The molecule has 0 aromatic heterocycles. The van der Waals surface area contributed by atoms with E-state index in [0.717, 1.165) is 45.3 Å². The zero-order valence-corrected chi connectivity index (χ0v) is 12.4. The van der Waals surface area contributed by atoms with E-state index >= 15 is 0 Å². The normalized spacial score (nSPS) is 19.4. The van der Waals surface area contributed by atoms with Crippen molar-refractivity contribution >= 4 is 11.9 Å². The first-order valence-electron chi connectivity index (χ1n) is 7.23. The van der Waals surface area contributed by atoms with Crippen molar-refractivity contribution in [3.8, 4) is 0 Å². The molecule has 110 valence electrons. The summed E-state index contributed by atoms with van der Waals surface area (Å²) in [5.74, 6) is -0.0951. The highest BCUT2D eigenvalue weighted by Crippen LogP contribution is 2.18. The molecule has 0 spiro atoms. The molecular formula is C14H26N2O3. The second kappa shape index (κ2) is 8.15. The SMILES string of the molecule is CCCN(CCC)C(=O)CN1CCCC1C(=O)OC. The predicted molar refractivity (Wildman–Crippen MR) is 73.8 cm³/mol. The van der Waals surface area contributed by atoms with Crippen molar-refractivity contribution in [1.29, 1.82) is 0 Å². The molecule has 0 aliphatic carbocycles. The highest BCUT2D eigenvalue weighted by atomic mass is 16.5. The number of carbonyl (C=O) groups excluding carboxylic acids is 2. The molecular weight excluding hydrogens is 244 g/mol. The van der Waals surface area contributed by atoms with Gasteiger partial charge in [-0.15, -0.1) is 0 Å². The van der Waals surface area contributed by atoms with Gasteiger partial charge in [0.25, 0.3) is 0 Å². The zero-order chi connectivity index (χ0) is 14.3. The molecule has 0 N–H and O–H groups in total. The van der Waals surface area contributed by atoms with E-state index in [1.807, 2.05) is 9.80 Å². The Morgan fingerprint density at radius 2 is 1.89 bits per heavy atom. The zero-order valence-electron chi connectivity index (χ0n) is 12.4. The minimum atomic E-state index is -0.237. The third-order valence-electron chi connectivity index (χ3n) is 3.52. The van der Waals surface area contributed by atoms with Gasteiger partial charge in [-0.3, -0.25) is 14.5 Å². The quantitative estimate of drug-likeness (QED) is 0.654. The van der Waals surface area contributed by atoms with E-state index < -0.39 is 0 Å². The molecule has 1 atom stereocenters. The maximum Gasteiger partial charge on any atom is 0.323 e. The largest absolute Gasteiger partial charge is 0.468 e. The van der Waals surface area contributed by atoms with Crippen LogP contribution in [0.25, 0.3) is 0 Å². The Kier molecular flexibility index (Phi) is 6.84. The van der Waals surface area contributed by atoms with Crippen molar-refractivity contribution < 1.29 is 14.3 Å². The van der Waals surface area contributed by atoms with Crippen LogP contribution in [0.5, 0.6) is 0 Å². The van der Waals surface area contributed by atoms with Crippen LogP contribution in [0.1, 0.15) is 39.5 Å². The van der Waals surface area contributed by atoms with Crippen LogP contribution in [0.15, 0.2) is 0 Å². The van der Waals surface area contributed by atoms with Crippen LogP contribution >= 0.6 is 0 Å².